The molecule has 1 heterocycles. The number of ether oxygens (including phenoxy) is 3. The highest BCUT2D eigenvalue weighted by molar-refractivity contribution is 5.33. The lowest BCUT2D eigenvalue weighted by Crippen LogP contribution is -2.38. The molecule has 5 heteroatoms. The Hall–Kier alpha value is -1.30. The van der Waals surface area contributed by atoms with Gasteiger partial charge in [0.05, 0.1) is 0 Å². The van der Waals surface area contributed by atoms with E-state index >= 15 is 0 Å². The molecule has 1 aromatic carbocycles. The fraction of sp³-hybridized carbons (Fsp3) is 0.833. The van der Waals surface area contributed by atoms with Gasteiger partial charge in [-0.05, 0) is 51.9 Å². The van der Waals surface area contributed by atoms with Crippen molar-refractivity contribution in [3.8, 4) is 11.5 Å². The van der Waals surface area contributed by atoms with Crippen molar-refractivity contribution in [1.82, 2.24) is 9.80 Å². The smallest absolute Gasteiger partial charge is 0.152 e. The average Bonchev–Trinajstić information content (AvgIpc) is 2.97. The van der Waals surface area contributed by atoms with Crippen LogP contribution in [0.4, 0.5) is 0 Å². The summed E-state index contributed by atoms with van der Waals surface area (Å²) in [5.74, 6) is 1.80. The highest BCUT2D eigenvalue weighted by atomic mass is 16.5. The van der Waals surface area contributed by atoms with Crippen molar-refractivity contribution < 1.29 is 14.2 Å². The van der Waals surface area contributed by atoms with Crippen molar-refractivity contribution in [2.24, 2.45) is 0 Å². The molecule has 2 rings (SSSR count). The Labute approximate surface area is 254 Å². The van der Waals surface area contributed by atoms with E-state index in [0.717, 1.165) is 63.5 Å². The van der Waals surface area contributed by atoms with E-state index in [1.54, 1.807) is 0 Å². The Balaban J connectivity index is 1.86. The summed E-state index contributed by atoms with van der Waals surface area (Å²) in [6.07, 6.45) is 25.6. The van der Waals surface area contributed by atoms with Crippen LogP contribution in [-0.2, 0) is 4.74 Å². The monoisotopic (exact) mass is 575 g/mol. The van der Waals surface area contributed by atoms with E-state index in [2.05, 4.69) is 62.0 Å². The lowest BCUT2D eigenvalue weighted by atomic mass is 10.1. The molecule has 2 unspecified atom stereocenters. The number of fused-ring (bicyclic) bond motifs is 2. The molecule has 0 radical (unpaired) electrons. The molecule has 0 amide bonds. The molecule has 0 N–H and O–H groups in total. The van der Waals surface area contributed by atoms with E-state index in [1.807, 2.05) is 0 Å². The van der Waals surface area contributed by atoms with Crippen LogP contribution >= 0.6 is 0 Å². The standard InChI is InChI=1S/C36H66N2O3/c1-5-7-9-11-13-15-17-19-28-37(3)35-26-22-30-39-31-23-27-36(41-34-25-21-24-33(32-34)40-35)38(4)29-20-18-16-14-12-10-8-6-2/h21,24-25,32,35-36H,5-20,22-23,26-31H2,1-4H3. The van der Waals surface area contributed by atoms with Crippen LogP contribution in [0.25, 0.3) is 0 Å². The van der Waals surface area contributed by atoms with Gasteiger partial charge >= 0.3 is 0 Å². The molecular formula is C36H66N2O3. The average molecular weight is 575 g/mol. The molecule has 0 fully saturated rings. The third-order valence-corrected chi connectivity index (χ3v) is 8.54. The molecule has 2 bridgehead atoms. The summed E-state index contributed by atoms with van der Waals surface area (Å²) in [4.78, 5) is 4.80. The molecule has 0 saturated carbocycles. The van der Waals surface area contributed by atoms with Gasteiger partial charge in [-0.15, -0.1) is 0 Å². The Morgan fingerprint density at radius 2 is 0.976 bits per heavy atom. The summed E-state index contributed by atoms with van der Waals surface area (Å²) in [5, 5.41) is 0. The van der Waals surface area contributed by atoms with Crippen LogP contribution < -0.4 is 9.47 Å². The lowest BCUT2D eigenvalue weighted by molar-refractivity contribution is 0.0128. The van der Waals surface area contributed by atoms with Gasteiger partial charge in [0, 0.05) is 45.2 Å². The predicted molar refractivity (Wildman–Crippen MR) is 175 cm³/mol. The van der Waals surface area contributed by atoms with Crippen LogP contribution in [0.2, 0.25) is 0 Å². The maximum atomic E-state index is 6.58. The molecule has 0 aromatic heterocycles. The maximum absolute atomic E-state index is 6.58. The van der Waals surface area contributed by atoms with E-state index < -0.39 is 0 Å². The lowest BCUT2D eigenvalue weighted by Gasteiger charge is -2.31. The second-order valence-corrected chi connectivity index (χ2v) is 12.4. The van der Waals surface area contributed by atoms with Gasteiger partial charge in [0.2, 0.25) is 0 Å². The SMILES string of the molecule is CCCCCCCCCCN(C)C1CCCOCCCC(N(C)CCCCCCCCCC)Oc2cccc(c2)O1. The van der Waals surface area contributed by atoms with Gasteiger partial charge in [-0.2, -0.15) is 0 Å². The summed E-state index contributed by atoms with van der Waals surface area (Å²) in [6.45, 7) is 8.31. The second kappa shape index (κ2) is 24.2. The fourth-order valence-electron chi connectivity index (χ4n) is 5.77. The Morgan fingerprint density at radius 3 is 1.39 bits per heavy atom. The number of hydrogen-bond acceptors (Lipinski definition) is 5. The number of hydrogen-bond donors (Lipinski definition) is 0. The van der Waals surface area contributed by atoms with Crippen LogP contribution in [0.15, 0.2) is 24.3 Å². The summed E-state index contributed by atoms with van der Waals surface area (Å²) in [5.41, 5.74) is 0. The number of benzene rings is 1. The second-order valence-electron chi connectivity index (χ2n) is 12.4. The normalized spacial score (nSPS) is 18.7. The largest absolute Gasteiger partial charge is 0.475 e. The first-order valence-electron chi connectivity index (χ1n) is 17.6. The fourth-order valence-corrected chi connectivity index (χ4v) is 5.77. The molecule has 41 heavy (non-hydrogen) atoms. The van der Waals surface area contributed by atoms with Gasteiger partial charge in [0.25, 0.3) is 0 Å². The van der Waals surface area contributed by atoms with Gasteiger partial charge in [-0.1, -0.05) is 110 Å². The minimum atomic E-state index is 0.0572. The summed E-state index contributed by atoms with van der Waals surface area (Å²) in [7, 11) is 4.43. The Bertz CT molecular complexity index is 675. The van der Waals surface area contributed by atoms with Gasteiger partial charge in [-0.25, -0.2) is 0 Å². The third kappa shape index (κ3) is 17.4. The first kappa shape index (κ1) is 35.9. The highest BCUT2D eigenvalue weighted by Gasteiger charge is 2.20. The van der Waals surface area contributed by atoms with Gasteiger partial charge in [0.1, 0.15) is 11.5 Å². The topological polar surface area (TPSA) is 34.2 Å². The summed E-state index contributed by atoms with van der Waals surface area (Å²) >= 11 is 0. The molecular weight excluding hydrogens is 508 g/mol. The van der Waals surface area contributed by atoms with Crippen LogP contribution in [0, 0.1) is 0 Å². The number of nitrogens with zero attached hydrogens (tertiary/aromatic N) is 2. The zero-order valence-corrected chi connectivity index (χ0v) is 27.6. The van der Waals surface area contributed by atoms with Crippen LogP contribution in [0.1, 0.15) is 142 Å². The van der Waals surface area contributed by atoms with Gasteiger partial charge < -0.3 is 14.2 Å². The van der Waals surface area contributed by atoms with E-state index in [9.17, 15) is 0 Å². The molecule has 2 atom stereocenters. The first-order valence-corrected chi connectivity index (χ1v) is 17.6. The van der Waals surface area contributed by atoms with Crippen LogP contribution in [-0.4, -0.2) is 62.7 Å². The van der Waals surface area contributed by atoms with Crippen LogP contribution in [0.5, 0.6) is 11.5 Å². The van der Waals surface area contributed by atoms with Crippen molar-refractivity contribution in [3.05, 3.63) is 24.3 Å². The highest BCUT2D eigenvalue weighted by Crippen LogP contribution is 2.25. The first-order chi connectivity index (χ1) is 20.1. The molecule has 1 aliphatic heterocycles. The molecule has 0 spiro atoms. The minimum absolute atomic E-state index is 0.0572. The molecule has 0 aliphatic carbocycles. The molecule has 238 valence electrons. The zero-order chi connectivity index (χ0) is 29.4. The molecule has 5 nitrogen and oxygen atoms in total. The molecule has 0 saturated heterocycles. The zero-order valence-electron chi connectivity index (χ0n) is 27.6. The van der Waals surface area contributed by atoms with Crippen molar-refractivity contribution in [2.75, 3.05) is 40.4 Å². The Kier molecular flexibility index (Phi) is 21.2. The quantitative estimate of drug-likeness (QED) is 0.145. The summed E-state index contributed by atoms with van der Waals surface area (Å²) < 4.78 is 19.2. The van der Waals surface area contributed by atoms with Crippen molar-refractivity contribution in [2.45, 2.75) is 155 Å². The predicted octanol–water partition coefficient (Wildman–Crippen LogP) is 9.83. The molecule has 1 aromatic rings. The van der Waals surface area contributed by atoms with E-state index in [4.69, 9.17) is 14.2 Å². The van der Waals surface area contributed by atoms with Gasteiger partial charge in [0.15, 0.2) is 12.5 Å². The van der Waals surface area contributed by atoms with Crippen molar-refractivity contribution in [1.29, 1.82) is 0 Å². The van der Waals surface area contributed by atoms with E-state index in [-0.39, 0.29) is 12.5 Å². The molecule has 1 aliphatic rings. The van der Waals surface area contributed by atoms with E-state index in [0.29, 0.717) is 0 Å². The van der Waals surface area contributed by atoms with Crippen molar-refractivity contribution >= 4 is 0 Å². The summed E-state index contributed by atoms with van der Waals surface area (Å²) in [6, 6.07) is 8.32. The Morgan fingerprint density at radius 1 is 0.585 bits per heavy atom. The number of unbranched alkanes of at least 4 members (excludes halogenated alkanes) is 14. The van der Waals surface area contributed by atoms with Gasteiger partial charge in [-0.3, -0.25) is 9.80 Å². The number of rotatable bonds is 20. The van der Waals surface area contributed by atoms with Crippen LogP contribution in [0.3, 0.4) is 0 Å². The minimum Gasteiger partial charge on any atom is -0.475 e. The van der Waals surface area contributed by atoms with Crippen molar-refractivity contribution in [3.63, 3.8) is 0 Å². The van der Waals surface area contributed by atoms with E-state index in [1.165, 1.54) is 103 Å². The maximum Gasteiger partial charge on any atom is 0.152 e. The third-order valence-electron chi connectivity index (χ3n) is 8.54.